The van der Waals surface area contributed by atoms with Crippen molar-refractivity contribution in [2.75, 3.05) is 0 Å². The van der Waals surface area contributed by atoms with E-state index >= 15 is 0 Å². The van der Waals surface area contributed by atoms with Gasteiger partial charge in [0.1, 0.15) is 0 Å². The molecule has 0 aliphatic heterocycles. The second-order valence-electron chi connectivity index (χ2n) is 4.25. The van der Waals surface area contributed by atoms with Gasteiger partial charge in [-0.1, -0.05) is 0 Å². The van der Waals surface area contributed by atoms with E-state index in [1.165, 1.54) is 31.2 Å². The van der Waals surface area contributed by atoms with Gasteiger partial charge in [0.05, 0.1) is 0 Å². The van der Waals surface area contributed by atoms with E-state index in [0.717, 1.165) is 12.3 Å². The molecule has 0 amide bonds. The molecule has 2 nitrogen and oxygen atoms in total. The second-order valence-corrected chi connectivity index (χ2v) is 4.25. The smallest absolute Gasteiger partial charge is 0.0270 e. The first kappa shape index (κ1) is 9.66. The van der Waals surface area contributed by atoms with Crippen LogP contribution in [-0.4, -0.2) is 11.0 Å². The van der Waals surface area contributed by atoms with E-state index in [1.807, 2.05) is 12.4 Å². The number of aryl methyl sites for hydroxylation is 1. The van der Waals surface area contributed by atoms with E-state index < -0.39 is 0 Å². The van der Waals surface area contributed by atoms with Crippen molar-refractivity contribution in [3.05, 3.63) is 30.1 Å². The van der Waals surface area contributed by atoms with Gasteiger partial charge in [0, 0.05) is 18.4 Å². The van der Waals surface area contributed by atoms with E-state index in [9.17, 15) is 0 Å². The molecule has 2 heteroatoms. The highest BCUT2D eigenvalue weighted by Gasteiger charge is 2.27. The van der Waals surface area contributed by atoms with Crippen molar-refractivity contribution in [1.29, 1.82) is 0 Å². The third-order valence-corrected chi connectivity index (χ3v) is 2.98. The minimum atomic E-state index is 0.455. The van der Waals surface area contributed by atoms with Crippen LogP contribution in [0.1, 0.15) is 31.2 Å². The molecule has 1 saturated carbocycles. The van der Waals surface area contributed by atoms with Gasteiger partial charge in [0.25, 0.3) is 0 Å². The van der Waals surface area contributed by atoms with Gasteiger partial charge in [-0.15, -0.1) is 0 Å². The van der Waals surface area contributed by atoms with Gasteiger partial charge >= 0.3 is 0 Å². The van der Waals surface area contributed by atoms with Crippen LogP contribution in [0.3, 0.4) is 0 Å². The Kier molecular flexibility index (Phi) is 3.14. The maximum absolute atomic E-state index is 6.03. The molecule has 0 radical (unpaired) electrons. The molecule has 76 valence electrons. The molecule has 1 heterocycles. The van der Waals surface area contributed by atoms with Crippen LogP contribution in [0.4, 0.5) is 0 Å². The molecular weight excluding hydrogens is 172 g/mol. The van der Waals surface area contributed by atoms with Crippen molar-refractivity contribution in [1.82, 2.24) is 4.98 Å². The van der Waals surface area contributed by atoms with Gasteiger partial charge in [0.2, 0.25) is 0 Å². The Morgan fingerprint density at radius 1 is 1.36 bits per heavy atom. The number of pyridine rings is 1. The Morgan fingerprint density at radius 2 is 2.07 bits per heavy atom. The summed E-state index contributed by atoms with van der Waals surface area (Å²) in [6, 6.07) is 4.63. The highest BCUT2D eigenvalue weighted by atomic mass is 14.7. The van der Waals surface area contributed by atoms with Crippen LogP contribution in [-0.2, 0) is 6.42 Å². The Balaban J connectivity index is 1.67. The first-order valence-corrected chi connectivity index (χ1v) is 5.51. The predicted molar refractivity (Wildman–Crippen MR) is 57.9 cm³/mol. The van der Waals surface area contributed by atoms with Crippen LogP contribution in [0.2, 0.25) is 0 Å². The summed E-state index contributed by atoms with van der Waals surface area (Å²) in [5.41, 5.74) is 7.41. The monoisotopic (exact) mass is 190 g/mol. The van der Waals surface area contributed by atoms with Crippen LogP contribution in [0.25, 0.3) is 0 Å². The largest absolute Gasteiger partial charge is 0.327 e. The van der Waals surface area contributed by atoms with E-state index in [4.69, 9.17) is 5.73 Å². The molecular formula is C12H18N2. The van der Waals surface area contributed by atoms with Crippen molar-refractivity contribution in [3.63, 3.8) is 0 Å². The SMILES string of the molecule is NC(CCCc1ccncc1)C1CC1. The molecule has 1 aromatic heterocycles. The maximum atomic E-state index is 6.03. The molecule has 0 bridgehead atoms. The fraction of sp³-hybridized carbons (Fsp3) is 0.583. The summed E-state index contributed by atoms with van der Waals surface area (Å²) < 4.78 is 0. The zero-order valence-electron chi connectivity index (χ0n) is 8.52. The molecule has 1 aliphatic carbocycles. The molecule has 1 fully saturated rings. The average molecular weight is 190 g/mol. The summed E-state index contributed by atoms with van der Waals surface area (Å²) in [7, 11) is 0. The summed E-state index contributed by atoms with van der Waals surface area (Å²) in [5.74, 6) is 0.840. The molecule has 2 rings (SSSR count). The average Bonchev–Trinajstić information content (AvgIpc) is 3.02. The topological polar surface area (TPSA) is 38.9 Å². The van der Waals surface area contributed by atoms with Gasteiger partial charge in [0.15, 0.2) is 0 Å². The zero-order valence-corrected chi connectivity index (χ0v) is 8.52. The van der Waals surface area contributed by atoms with Crippen LogP contribution < -0.4 is 5.73 Å². The lowest BCUT2D eigenvalue weighted by molar-refractivity contribution is 0.528. The fourth-order valence-electron chi connectivity index (χ4n) is 1.85. The van der Waals surface area contributed by atoms with E-state index in [-0.39, 0.29) is 0 Å². The van der Waals surface area contributed by atoms with E-state index in [2.05, 4.69) is 17.1 Å². The van der Waals surface area contributed by atoms with E-state index in [1.54, 1.807) is 0 Å². The molecule has 2 N–H and O–H groups in total. The van der Waals surface area contributed by atoms with Gasteiger partial charge < -0.3 is 5.73 Å². The van der Waals surface area contributed by atoms with Crippen molar-refractivity contribution in [3.8, 4) is 0 Å². The lowest BCUT2D eigenvalue weighted by atomic mass is 10.0. The van der Waals surface area contributed by atoms with Crippen LogP contribution in [0.5, 0.6) is 0 Å². The Morgan fingerprint density at radius 3 is 2.71 bits per heavy atom. The fourth-order valence-corrected chi connectivity index (χ4v) is 1.85. The summed E-state index contributed by atoms with van der Waals surface area (Å²) in [6.45, 7) is 0. The number of hydrogen-bond acceptors (Lipinski definition) is 2. The number of rotatable bonds is 5. The van der Waals surface area contributed by atoms with Crippen molar-refractivity contribution in [2.24, 2.45) is 11.7 Å². The highest BCUT2D eigenvalue weighted by molar-refractivity contribution is 5.09. The van der Waals surface area contributed by atoms with Crippen LogP contribution in [0, 0.1) is 5.92 Å². The molecule has 1 aliphatic rings. The van der Waals surface area contributed by atoms with Crippen LogP contribution >= 0.6 is 0 Å². The molecule has 0 saturated heterocycles. The number of hydrogen-bond donors (Lipinski definition) is 1. The standard InChI is InChI=1S/C12H18N2/c13-12(11-4-5-11)3-1-2-10-6-8-14-9-7-10/h6-9,11-12H,1-5,13H2. The van der Waals surface area contributed by atoms with E-state index in [0.29, 0.717) is 6.04 Å². The van der Waals surface area contributed by atoms with Gasteiger partial charge in [-0.25, -0.2) is 0 Å². The number of nitrogens with two attached hydrogens (primary N) is 1. The summed E-state index contributed by atoms with van der Waals surface area (Å²) >= 11 is 0. The lowest BCUT2D eigenvalue weighted by Gasteiger charge is -2.09. The molecule has 0 aromatic carbocycles. The summed E-state index contributed by atoms with van der Waals surface area (Å²) in [6.07, 6.45) is 9.96. The van der Waals surface area contributed by atoms with Crippen molar-refractivity contribution in [2.45, 2.75) is 38.1 Å². The highest BCUT2D eigenvalue weighted by Crippen LogP contribution is 2.33. The zero-order chi connectivity index (χ0) is 9.80. The van der Waals surface area contributed by atoms with Gasteiger partial charge in [-0.05, 0) is 55.7 Å². The minimum Gasteiger partial charge on any atom is -0.327 e. The number of aromatic nitrogens is 1. The Bertz CT molecular complexity index is 267. The normalized spacial score (nSPS) is 18.1. The first-order valence-electron chi connectivity index (χ1n) is 5.51. The molecule has 1 aromatic rings. The van der Waals surface area contributed by atoms with Crippen LogP contribution in [0.15, 0.2) is 24.5 Å². The molecule has 1 atom stereocenters. The minimum absolute atomic E-state index is 0.455. The maximum Gasteiger partial charge on any atom is 0.0270 e. The molecule has 14 heavy (non-hydrogen) atoms. The summed E-state index contributed by atoms with van der Waals surface area (Å²) in [4.78, 5) is 4.00. The third kappa shape index (κ3) is 2.81. The quantitative estimate of drug-likeness (QED) is 0.772. The molecule has 0 spiro atoms. The second kappa shape index (κ2) is 4.56. The van der Waals surface area contributed by atoms with Gasteiger partial charge in [-0.2, -0.15) is 0 Å². The number of nitrogens with zero attached hydrogens (tertiary/aromatic N) is 1. The lowest BCUT2D eigenvalue weighted by Crippen LogP contribution is -2.22. The van der Waals surface area contributed by atoms with Gasteiger partial charge in [-0.3, -0.25) is 4.98 Å². The first-order chi connectivity index (χ1) is 6.86. The Labute approximate surface area is 85.5 Å². The molecule has 1 unspecified atom stereocenters. The predicted octanol–water partition coefficient (Wildman–Crippen LogP) is 2.14. The van der Waals surface area contributed by atoms with Crippen molar-refractivity contribution >= 4 is 0 Å². The Hall–Kier alpha value is -0.890. The third-order valence-electron chi connectivity index (χ3n) is 2.98. The van der Waals surface area contributed by atoms with Crippen molar-refractivity contribution < 1.29 is 0 Å². The summed E-state index contributed by atoms with van der Waals surface area (Å²) in [5, 5.41) is 0.